The zero-order chi connectivity index (χ0) is 19.1. The number of nitrogens with one attached hydrogen (secondary N) is 2. The molecule has 138 valence electrons. The topological polar surface area (TPSA) is 85.4 Å². The molecule has 1 amide bonds. The number of hydrogen-bond donors (Lipinski definition) is 2. The Morgan fingerprint density at radius 3 is 2.33 bits per heavy atom. The van der Waals surface area contributed by atoms with Crippen LogP contribution >= 0.6 is 0 Å². The smallest absolute Gasteiger partial charge is 0.258 e. The van der Waals surface area contributed by atoms with Crippen LogP contribution in [0.2, 0.25) is 0 Å². The van der Waals surface area contributed by atoms with Crippen LogP contribution in [0.4, 0.5) is 11.6 Å². The van der Waals surface area contributed by atoms with Gasteiger partial charge in [0.25, 0.3) is 5.91 Å². The predicted molar refractivity (Wildman–Crippen MR) is 103 cm³/mol. The summed E-state index contributed by atoms with van der Waals surface area (Å²) in [5.41, 5.74) is 2.07. The molecule has 0 fully saturated rings. The number of benzene rings is 2. The Labute approximate surface area is 157 Å². The molecule has 3 rings (SSSR count). The maximum absolute atomic E-state index is 12.4. The molecule has 2 aromatic carbocycles. The third-order valence-corrected chi connectivity index (χ3v) is 3.85. The van der Waals surface area contributed by atoms with Gasteiger partial charge in [-0.15, -0.1) is 0 Å². The van der Waals surface area contributed by atoms with Crippen molar-refractivity contribution in [3.63, 3.8) is 0 Å². The van der Waals surface area contributed by atoms with E-state index in [1.54, 1.807) is 32.4 Å². The molecule has 1 heterocycles. The first-order chi connectivity index (χ1) is 13.2. The number of ether oxygens (including phenoxy) is 2. The van der Waals surface area contributed by atoms with E-state index in [4.69, 9.17) is 9.47 Å². The Hall–Kier alpha value is -3.61. The van der Waals surface area contributed by atoms with E-state index in [0.29, 0.717) is 35.2 Å². The molecule has 0 aliphatic heterocycles. The molecule has 0 atom stereocenters. The summed E-state index contributed by atoms with van der Waals surface area (Å²) in [5.74, 6) is 1.28. The largest absolute Gasteiger partial charge is 0.493 e. The van der Waals surface area contributed by atoms with Crippen molar-refractivity contribution < 1.29 is 14.3 Å². The van der Waals surface area contributed by atoms with Crippen molar-refractivity contribution in [2.45, 2.75) is 6.54 Å². The summed E-state index contributed by atoms with van der Waals surface area (Å²) < 4.78 is 10.4. The summed E-state index contributed by atoms with van der Waals surface area (Å²) in [7, 11) is 3.10. The van der Waals surface area contributed by atoms with Gasteiger partial charge in [-0.05, 0) is 17.7 Å². The number of methoxy groups -OCH3 is 2. The van der Waals surface area contributed by atoms with Crippen LogP contribution < -0.4 is 20.1 Å². The zero-order valence-corrected chi connectivity index (χ0v) is 15.1. The molecule has 3 aromatic rings. The number of amides is 1. The van der Waals surface area contributed by atoms with E-state index in [-0.39, 0.29) is 5.91 Å². The molecule has 0 aliphatic carbocycles. The fraction of sp³-hybridized carbons (Fsp3) is 0.150. The monoisotopic (exact) mass is 364 g/mol. The summed E-state index contributed by atoms with van der Waals surface area (Å²) >= 11 is 0. The second-order valence-electron chi connectivity index (χ2n) is 5.66. The number of hydrogen-bond acceptors (Lipinski definition) is 6. The molecule has 0 spiro atoms. The first-order valence-electron chi connectivity index (χ1n) is 8.33. The summed E-state index contributed by atoms with van der Waals surface area (Å²) in [5, 5.41) is 5.91. The highest BCUT2D eigenvalue weighted by Crippen LogP contribution is 2.29. The average molecular weight is 364 g/mol. The van der Waals surface area contributed by atoms with Gasteiger partial charge in [-0.2, -0.15) is 0 Å². The van der Waals surface area contributed by atoms with Crippen LogP contribution in [0.25, 0.3) is 0 Å². The lowest BCUT2D eigenvalue weighted by atomic mass is 10.2. The number of nitrogens with zero attached hydrogens (tertiary/aromatic N) is 2. The van der Waals surface area contributed by atoms with Gasteiger partial charge in [0.1, 0.15) is 0 Å². The molecule has 0 unspecified atom stereocenters. The van der Waals surface area contributed by atoms with Gasteiger partial charge in [-0.1, -0.05) is 30.3 Å². The van der Waals surface area contributed by atoms with Crippen molar-refractivity contribution in [1.29, 1.82) is 0 Å². The van der Waals surface area contributed by atoms with Gasteiger partial charge in [-0.3, -0.25) is 4.79 Å². The fourth-order valence-electron chi connectivity index (χ4n) is 2.43. The van der Waals surface area contributed by atoms with Crippen molar-refractivity contribution in [3.05, 3.63) is 72.1 Å². The Balaban J connectivity index is 1.62. The maximum atomic E-state index is 12.4. The molecular weight excluding hydrogens is 344 g/mol. The van der Waals surface area contributed by atoms with E-state index in [2.05, 4.69) is 20.6 Å². The van der Waals surface area contributed by atoms with Crippen LogP contribution in [-0.2, 0) is 6.54 Å². The Morgan fingerprint density at radius 1 is 0.963 bits per heavy atom. The van der Waals surface area contributed by atoms with Crippen molar-refractivity contribution in [3.8, 4) is 11.5 Å². The van der Waals surface area contributed by atoms with Crippen LogP contribution in [-0.4, -0.2) is 30.1 Å². The SMILES string of the molecule is COc1ccc(NC(=O)c2cnc(NCc3ccccc3)nc2)cc1OC. The van der Waals surface area contributed by atoms with Crippen molar-refractivity contribution in [2.24, 2.45) is 0 Å². The first kappa shape index (κ1) is 18.2. The molecule has 7 nitrogen and oxygen atoms in total. The lowest BCUT2D eigenvalue weighted by molar-refractivity contribution is 0.102. The lowest BCUT2D eigenvalue weighted by Gasteiger charge is -2.10. The Morgan fingerprint density at radius 2 is 1.67 bits per heavy atom. The van der Waals surface area contributed by atoms with Crippen LogP contribution in [0.3, 0.4) is 0 Å². The number of rotatable bonds is 7. The van der Waals surface area contributed by atoms with Crippen LogP contribution in [0.15, 0.2) is 60.9 Å². The van der Waals surface area contributed by atoms with Crippen molar-refractivity contribution >= 4 is 17.5 Å². The molecule has 0 bridgehead atoms. The Kier molecular flexibility index (Phi) is 5.84. The van der Waals surface area contributed by atoms with E-state index in [1.165, 1.54) is 12.4 Å². The highest BCUT2D eigenvalue weighted by molar-refractivity contribution is 6.04. The van der Waals surface area contributed by atoms with E-state index in [1.807, 2.05) is 30.3 Å². The van der Waals surface area contributed by atoms with Crippen molar-refractivity contribution in [1.82, 2.24) is 9.97 Å². The highest BCUT2D eigenvalue weighted by Gasteiger charge is 2.10. The number of aromatic nitrogens is 2. The lowest BCUT2D eigenvalue weighted by Crippen LogP contribution is -2.13. The van der Waals surface area contributed by atoms with E-state index in [0.717, 1.165) is 5.56 Å². The van der Waals surface area contributed by atoms with Gasteiger partial charge < -0.3 is 20.1 Å². The minimum atomic E-state index is -0.308. The number of anilines is 2. The summed E-state index contributed by atoms with van der Waals surface area (Å²) in [4.78, 5) is 20.8. The average Bonchev–Trinajstić information content (AvgIpc) is 2.73. The van der Waals surface area contributed by atoms with Crippen LogP contribution in [0, 0.1) is 0 Å². The third-order valence-electron chi connectivity index (χ3n) is 3.85. The molecule has 0 saturated carbocycles. The predicted octanol–water partition coefficient (Wildman–Crippen LogP) is 3.36. The molecule has 0 saturated heterocycles. The second kappa shape index (κ2) is 8.66. The third kappa shape index (κ3) is 4.72. The number of carbonyl (C=O) groups excluding carboxylic acids is 1. The van der Waals surface area contributed by atoms with Gasteiger partial charge in [0.15, 0.2) is 11.5 Å². The van der Waals surface area contributed by atoms with Gasteiger partial charge in [0.05, 0.1) is 19.8 Å². The van der Waals surface area contributed by atoms with E-state index >= 15 is 0 Å². The standard InChI is InChI=1S/C20H20N4O3/c1-26-17-9-8-16(10-18(17)27-2)24-19(25)15-12-22-20(23-13-15)21-11-14-6-4-3-5-7-14/h3-10,12-13H,11H2,1-2H3,(H,24,25)(H,21,22,23). The molecular formula is C20H20N4O3. The maximum Gasteiger partial charge on any atom is 0.258 e. The summed E-state index contributed by atoms with van der Waals surface area (Å²) in [6.07, 6.45) is 2.97. The van der Waals surface area contributed by atoms with E-state index in [9.17, 15) is 4.79 Å². The zero-order valence-electron chi connectivity index (χ0n) is 15.1. The van der Waals surface area contributed by atoms with Gasteiger partial charge in [0.2, 0.25) is 5.95 Å². The first-order valence-corrected chi connectivity index (χ1v) is 8.33. The molecule has 1 aromatic heterocycles. The quantitative estimate of drug-likeness (QED) is 0.669. The molecule has 7 heteroatoms. The normalized spacial score (nSPS) is 10.1. The highest BCUT2D eigenvalue weighted by atomic mass is 16.5. The Bertz CT molecular complexity index is 899. The van der Waals surface area contributed by atoms with Crippen molar-refractivity contribution in [2.75, 3.05) is 24.9 Å². The van der Waals surface area contributed by atoms with Gasteiger partial charge >= 0.3 is 0 Å². The molecule has 27 heavy (non-hydrogen) atoms. The summed E-state index contributed by atoms with van der Waals surface area (Å²) in [6.45, 7) is 0.609. The fourth-order valence-corrected chi connectivity index (χ4v) is 2.43. The van der Waals surface area contributed by atoms with Crippen LogP contribution in [0.1, 0.15) is 15.9 Å². The molecule has 2 N–H and O–H groups in total. The summed E-state index contributed by atoms with van der Waals surface area (Å²) in [6, 6.07) is 15.1. The number of carbonyl (C=O) groups is 1. The molecule has 0 radical (unpaired) electrons. The van der Waals surface area contributed by atoms with Gasteiger partial charge in [-0.25, -0.2) is 9.97 Å². The van der Waals surface area contributed by atoms with Gasteiger partial charge in [0, 0.05) is 30.7 Å². The van der Waals surface area contributed by atoms with Crippen LogP contribution in [0.5, 0.6) is 11.5 Å². The van der Waals surface area contributed by atoms with E-state index < -0.39 is 0 Å². The second-order valence-corrected chi connectivity index (χ2v) is 5.66. The molecule has 0 aliphatic rings. The minimum Gasteiger partial charge on any atom is -0.493 e. The minimum absolute atomic E-state index is 0.308.